The predicted molar refractivity (Wildman–Crippen MR) is 76.8 cm³/mol. The van der Waals surface area contributed by atoms with E-state index in [1.165, 1.54) is 17.7 Å². The minimum absolute atomic E-state index is 0.137. The van der Waals surface area contributed by atoms with Crippen molar-refractivity contribution in [1.29, 1.82) is 0 Å². The summed E-state index contributed by atoms with van der Waals surface area (Å²) in [7, 11) is -7.66. The molecule has 2 aromatic heterocycles. The summed E-state index contributed by atoms with van der Waals surface area (Å²) in [6, 6.07) is 1.73. The van der Waals surface area contributed by atoms with Gasteiger partial charge in [0.15, 0.2) is 14.9 Å². The Morgan fingerprint density at radius 2 is 1.90 bits per heavy atom. The average Bonchev–Trinajstić information content (AvgIpc) is 2.78. The standard InChI is InChI=1S/C10H13N3O4S3/c1-2-7-5-8-9(18-7)12-6-13-10(8)19(14,15)3-4-20(11,16)17/h5-6H,2-4H2,1H3,(H2,11,16,17). The van der Waals surface area contributed by atoms with E-state index in [4.69, 9.17) is 5.14 Å². The van der Waals surface area contributed by atoms with Crippen LogP contribution in [-0.2, 0) is 26.3 Å². The lowest BCUT2D eigenvalue weighted by Crippen LogP contribution is -2.23. The molecular formula is C10H13N3O4S3. The van der Waals surface area contributed by atoms with Crippen molar-refractivity contribution in [2.24, 2.45) is 5.14 Å². The summed E-state index contributed by atoms with van der Waals surface area (Å²) in [4.78, 5) is 9.40. The molecule has 0 aliphatic heterocycles. The molecule has 0 amide bonds. The van der Waals surface area contributed by atoms with Crippen molar-refractivity contribution < 1.29 is 16.8 Å². The first-order valence-electron chi connectivity index (χ1n) is 5.69. The highest BCUT2D eigenvalue weighted by Crippen LogP contribution is 2.28. The van der Waals surface area contributed by atoms with Gasteiger partial charge in [0.2, 0.25) is 10.0 Å². The van der Waals surface area contributed by atoms with E-state index in [0.29, 0.717) is 10.2 Å². The number of thiophene rings is 1. The van der Waals surface area contributed by atoms with Crippen molar-refractivity contribution in [3.05, 3.63) is 17.3 Å². The highest BCUT2D eigenvalue weighted by molar-refractivity contribution is 7.94. The molecule has 0 aliphatic carbocycles. The Labute approximate surface area is 120 Å². The molecule has 0 aromatic carbocycles. The van der Waals surface area contributed by atoms with Crippen LogP contribution in [0.15, 0.2) is 17.4 Å². The summed E-state index contributed by atoms with van der Waals surface area (Å²) in [5.74, 6) is -1.22. The molecule has 0 bridgehead atoms. The normalized spacial score (nSPS) is 12.9. The van der Waals surface area contributed by atoms with Gasteiger partial charge in [-0.15, -0.1) is 11.3 Å². The number of aryl methyl sites for hydroxylation is 1. The number of fused-ring (bicyclic) bond motifs is 1. The number of aromatic nitrogens is 2. The maximum Gasteiger partial charge on any atom is 0.210 e. The first kappa shape index (κ1) is 15.3. The fourth-order valence-corrected chi connectivity index (χ4v) is 5.33. The summed E-state index contributed by atoms with van der Waals surface area (Å²) < 4.78 is 46.2. The van der Waals surface area contributed by atoms with Crippen molar-refractivity contribution in [3.63, 3.8) is 0 Å². The molecule has 0 atom stereocenters. The third kappa shape index (κ3) is 3.32. The fraction of sp³-hybridized carbons (Fsp3) is 0.400. The van der Waals surface area contributed by atoms with Crippen LogP contribution in [0.4, 0.5) is 0 Å². The summed E-state index contributed by atoms with van der Waals surface area (Å²) >= 11 is 1.39. The van der Waals surface area contributed by atoms with E-state index >= 15 is 0 Å². The summed E-state index contributed by atoms with van der Waals surface area (Å²) in [5.41, 5.74) is 0. The van der Waals surface area contributed by atoms with Gasteiger partial charge in [-0.25, -0.2) is 31.9 Å². The van der Waals surface area contributed by atoms with E-state index in [1.807, 2.05) is 6.92 Å². The molecule has 0 fully saturated rings. The lowest BCUT2D eigenvalue weighted by Gasteiger charge is -2.03. The molecule has 0 aliphatic rings. The Morgan fingerprint density at radius 3 is 2.50 bits per heavy atom. The molecule has 0 saturated carbocycles. The molecule has 10 heteroatoms. The number of sulfone groups is 1. The minimum Gasteiger partial charge on any atom is -0.229 e. The molecule has 0 saturated heterocycles. The number of hydrogen-bond donors (Lipinski definition) is 1. The van der Waals surface area contributed by atoms with Gasteiger partial charge in [-0.1, -0.05) is 6.92 Å². The average molecular weight is 335 g/mol. The third-order valence-electron chi connectivity index (χ3n) is 2.62. The van der Waals surface area contributed by atoms with Crippen LogP contribution in [0.3, 0.4) is 0 Å². The second-order valence-corrected chi connectivity index (χ2v) is 9.02. The third-order valence-corrected chi connectivity index (χ3v) is 6.50. The van der Waals surface area contributed by atoms with Crippen LogP contribution in [0.1, 0.15) is 11.8 Å². The van der Waals surface area contributed by atoms with Gasteiger partial charge >= 0.3 is 0 Å². The molecule has 0 radical (unpaired) electrons. The molecule has 20 heavy (non-hydrogen) atoms. The van der Waals surface area contributed by atoms with Gasteiger partial charge in [0.1, 0.15) is 11.2 Å². The topological polar surface area (TPSA) is 120 Å². The summed E-state index contributed by atoms with van der Waals surface area (Å²) in [5, 5.41) is 5.13. The predicted octanol–water partition coefficient (Wildman–Crippen LogP) is 0.316. The second-order valence-electron chi connectivity index (χ2n) is 4.15. The Balaban J connectivity index is 2.48. The van der Waals surface area contributed by atoms with E-state index in [9.17, 15) is 16.8 Å². The van der Waals surface area contributed by atoms with Crippen molar-refractivity contribution in [2.75, 3.05) is 11.5 Å². The monoisotopic (exact) mass is 335 g/mol. The second kappa shape index (κ2) is 5.35. The number of sulfonamides is 1. The molecule has 7 nitrogen and oxygen atoms in total. The van der Waals surface area contributed by atoms with E-state index < -0.39 is 31.4 Å². The number of nitrogens with zero attached hydrogens (tertiary/aromatic N) is 2. The zero-order chi connectivity index (χ0) is 15.0. The SMILES string of the molecule is CCc1cc2c(S(=O)(=O)CCS(N)(=O)=O)ncnc2s1. The summed E-state index contributed by atoms with van der Waals surface area (Å²) in [6.07, 6.45) is 1.93. The van der Waals surface area contributed by atoms with E-state index in [-0.39, 0.29) is 5.03 Å². The van der Waals surface area contributed by atoms with Gasteiger partial charge in [0.05, 0.1) is 11.5 Å². The van der Waals surface area contributed by atoms with Crippen LogP contribution in [-0.4, -0.2) is 38.3 Å². The maximum atomic E-state index is 12.2. The Bertz CT molecular complexity index is 840. The number of nitrogens with two attached hydrogens (primary N) is 1. The molecule has 2 aromatic rings. The molecule has 110 valence electrons. The van der Waals surface area contributed by atoms with Crippen LogP contribution < -0.4 is 5.14 Å². The van der Waals surface area contributed by atoms with E-state index in [0.717, 1.165) is 11.3 Å². The number of rotatable bonds is 5. The lowest BCUT2D eigenvalue weighted by atomic mass is 10.3. The molecular weight excluding hydrogens is 322 g/mol. The van der Waals surface area contributed by atoms with Crippen LogP contribution in [0.25, 0.3) is 10.2 Å². The minimum atomic E-state index is -3.84. The van der Waals surface area contributed by atoms with Crippen LogP contribution in [0.5, 0.6) is 0 Å². The Morgan fingerprint density at radius 1 is 1.20 bits per heavy atom. The van der Waals surface area contributed by atoms with Gasteiger partial charge in [0.25, 0.3) is 0 Å². The summed E-state index contributed by atoms with van der Waals surface area (Å²) in [6.45, 7) is 1.95. The van der Waals surface area contributed by atoms with Crippen molar-refractivity contribution >= 4 is 41.4 Å². The zero-order valence-corrected chi connectivity index (χ0v) is 13.1. The zero-order valence-electron chi connectivity index (χ0n) is 10.6. The first-order chi connectivity index (χ1) is 9.23. The van der Waals surface area contributed by atoms with Gasteiger partial charge in [-0.05, 0) is 12.5 Å². The van der Waals surface area contributed by atoms with Crippen LogP contribution in [0.2, 0.25) is 0 Å². The number of primary sulfonamides is 1. The van der Waals surface area contributed by atoms with Gasteiger partial charge in [0, 0.05) is 10.3 Å². The van der Waals surface area contributed by atoms with Gasteiger partial charge in [-0.3, -0.25) is 0 Å². The molecule has 0 unspecified atom stereocenters. The molecule has 2 N–H and O–H groups in total. The molecule has 0 spiro atoms. The quantitative estimate of drug-likeness (QED) is 0.785. The largest absolute Gasteiger partial charge is 0.229 e. The highest BCUT2D eigenvalue weighted by atomic mass is 32.2. The van der Waals surface area contributed by atoms with E-state index in [2.05, 4.69) is 9.97 Å². The first-order valence-corrected chi connectivity index (χ1v) is 9.88. The van der Waals surface area contributed by atoms with E-state index in [1.54, 1.807) is 6.07 Å². The van der Waals surface area contributed by atoms with Crippen molar-refractivity contribution in [3.8, 4) is 0 Å². The maximum absolute atomic E-state index is 12.2. The fourth-order valence-electron chi connectivity index (χ4n) is 1.63. The van der Waals surface area contributed by atoms with Crippen molar-refractivity contribution in [1.82, 2.24) is 9.97 Å². The number of hydrogen-bond acceptors (Lipinski definition) is 7. The molecule has 2 rings (SSSR count). The highest BCUT2D eigenvalue weighted by Gasteiger charge is 2.23. The Kier molecular flexibility index (Phi) is 4.09. The lowest BCUT2D eigenvalue weighted by molar-refractivity contribution is 0.587. The Hall–Kier alpha value is -1.10. The van der Waals surface area contributed by atoms with Crippen molar-refractivity contribution in [2.45, 2.75) is 18.4 Å². The van der Waals surface area contributed by atoms with Gasteiger partial charge < -0.3 is 0 Å². The van der Waals surface area contributed by atoms with Crippen LogP contribution in [0, 0.1) is 0 Å². The van der Waals surface area contributed by atoms with Gasteiger partial charge in [-0.2, -0.15) is 0 Å². The van der Waals surface area contributed by atoms with Crippen LogP contribution >= 0.6 is 11.3 Å². The smallest absolute Gasteiger partial charge is 0.210 e. The molecule has 2 heterocycles.